The average Bonchev–Trinajstić information content (AvgIpc) is 2.96. The van der Waals surface area contributed by atoms with Crippen LogP contribution in [-0.4, -0.2) is 38.9 Å². The van der Waals surface area contributed by atoms with Gasteiger partial charge in [-0.25, -0.2) is 9.11 Å². The van der Waals surface area contributed by atoms with E-state index in [-0.39, 0.29) is 29.5 Å². The molecule has 23 heavy (non-hydrogen) atoms. The summed E-state index contributed by atoms with van der Waals surface area (Å²) in [6.45, 7) is 1.24. The topological polar surface area (TPSA) is 61.4 Å². The van der Waals surface area contributed by atoms with E-state index in [1.807, 2.05) is 0 Å². The number of hydrogen-bond acceptors (Lipinski definition) is 3. The lowest BCUT2D eigenvalue weighted by Crippen LogP contribution is -2.39. The third-order valence-electron chi connectivity index (χ3n) is 3.79. The van der Waals surface area contributed by atoms with E-state index in [0.29, 0.717) is 12.6 Å². The molecule has 0 spiro atoms. The normalized spacial score (nSPS) is 18.2. The molecule has 1 atom stereocenters. The number of halogens is 3. The zero-order valence-corrected chi connectivity index (χ0v) is 15.3. The summed E-state index contributed by atoms with van der Waals surface area (Å²) in [4.78, 5) is 0. The van der Waals surface area contributed by atoms with E-state index in [0.717, 1.165) is 30.1 Å². The summed E-state index contributed by atoms with van der Waals surface area (Å²) >= 11 is 5.92. The zero-order chi connectivity index (χ0) is 16.2. The number of nitrogens with zero attached hydrogens (tertiary/aromatic N) is 1. The maximum atomic E-state index is 13.7. The fourth-order valence-electron chi connectivity index (χ4n) is 2.47. The van der Waals surface area contributed by atoms with Gasteiger partial charge in [0, 0.05) is 36.8 Å². The lowest BCUT2D eigenvalue weighted by molar-refractivity contribution is 0.442. The zero-order valence-electron chi connectivity index (χ0n) is 12.9. The van der Waals surface area contributed by atoms with Crippen molar-refractivity contribution in [2.45, 2.75) is 31.8 Å². The molecule has 0 amide bonds. The highest BCUT2D eigenvalue weighted by molar-refractivity contribution is 7.87. The summed E-state index contributed by atoms with van der Waals surface area (Å²) in [7, 11) is -2.25. The Morgan fingerprint density at radius 3 is 2.83 bits per heavy atom. The first-order valence-corrected chi connectivity index (χ1v) is 9.09. The molecule has 0 saturated carbocycles. The summed E-state index contributed by atoms with van der Waals surface area (Å²) in [5, 5.41) is 3.53. The van der Waals surface area contributed by atoms with Crippen molar-refractivity contribution in [1.29, 1.82) is 0 Å². The van der Waals surface area contributed by atoms with Gasteiger partial charge in [-0.1, -0.05) is 17.7 Å². The Labute approximate surface area is 148 Å². The van der Waals surface area contributed by atoms with Crippen molar-refractivity contribution in [1.82, 2.24) is 14.3 Å². The Morgan fingerprint density at radius 1 is 1.48 bits per heavy atom. The van der Waals surface area contributed by atoms with Crippen LogP contribution in [-0.2, 0) is 16.8 Å². The maximum Gasteiger partial charge on any atom is 0.279 e. The summed E-state index contributed by atoms with van der Waals surface area (Å²) in [5.74, 6) is -0.510. The van der Waals surface area contributed by atoms with Crippen LogP contribution in [0.3, 0.4) is 0 Å². The van der Waals surface area contributed by atoms with Crippen LogP contribution in [0.4, 0.5) is 4.39 Å². The predicted molar refractivity (Wildman–Crippen MR) is 92.7 cm³/mol. The second-order valence-electron chi connectivity index (χ2n) is 5.44. The van der Waals surface area contributed by atoms with Crippen molar-refractivity contribution < 1.29 is 12.8 Å². The van der Waals surface area contributed by atoms with Crippen LogP contribution in [0.2, 0.25) is 5.02 Å². The van der Waals surface area contributed by atoms with Crippen LogP contribution in [0.1, 0.15) is 24.8 Å². The van der Waals surface area contributed by atoms with E-state index >= 15 is 0 Å². The highest BCUT2D eigenvalue weighted by atomic mass is 35.5. The van der Waals surface area contributed by atoms with Gasteiger partial charge in [-0.15, -0.1) is 12.4 Å². The Morgan fingerprint density at radius 2 is 2.22 bits per heavy atom. The first kappa shape index (κ1) is 20.6. The van der Waals surface area contributed by atoms with Gasteiger partial charge in [-0.05, 0) is 37.9 Å². The minimum absolute atomic E-state index is 0. The fourth-order valence-corrected chi connectivity index (χ4v) is 3.58. The quantitative estimate of drug-likeness (QED) is 0.756. The monoisotopic (exact) mass is 385 g/mol. The predicted octanol–water partition coefficient (Wildman–Crippen LogP) is 2.31. The van der Waals surface area contributed by atoms with Crippen molar-refractivity contribution >= 4 is 34.2 Å². The molecule has 2 rings (SSSR count). The third-order valence-corrected chi connectivity index (χ3v) is 5.67. The number of nitrogens with one attached hydrogen (secondary N) is 2. The van der Waals surface area contributed by atoms with Crippen LogP contribution in [0.5, 0.6) is 0 Å². The number of benzene rings is 1. The van der Waals surface area contributed by atoms with Gasteiger partial charge >= 0.3 is 0 Å². The summed E-state index contributed by atoms with van der Waals surface area (Å²) in [5.41, 5.74) is 0.175. The Balaban J connectivity index is 0.00000264. The minimum Gasteiger partial charge on any atom is -0.314 e. The van der Waals surface area contributed by atoms with Crippen molar-refractivity contribution in [3.8, 4) is 0 Å². The molecule has 1 fully saturated rings. The Bertz CT molecular complexity index is 590. The van der Waals surface area contributed by atoms with E-state index in [9.17, 15) is 12.8 Å². The maximum absolute atomic E-state index is 13.7. The van der Waals surface area contributed by atoms with Gasteiger partial charge in [-0.3, -0.25) is 0 Å². The molecule has 0 bridgehead atoms. The van der Waals surface area contributed by atoms with Gasteiger partial charge in [-0.2, -0.15) is 12.7 Å². The van der Waals surface area contributed by atoms with Gasteiger partial charge in [0.05, 0.1) is 0 Å². The highest BCUT2D eigenvalue weighted by Gasteiger charge is 2.21. The molecule has 0 unspecified atom stereocenters. The second-order valence-corrected chi connectivity index (χ2v) is 7.71. The van der Waals surface area contributed by atoms with Crippen LogP contribution in [0, 0.1) is 5.82 Å². The lowest BCUT2D eigenvalue weighted by atomic mass is 10.2. The first-order chi connectivity index (χ1) is 10.4. The average molecular weight is 386 g/mol. The molecule has 1 saturated heterocycles. The van der Waals surface area contributed by atoms with Gasteiger partial charge in [0.15, 0.2) is 0 Å². The second kappa shape index (κ2) is 9.15. The van der Waals surface area contributed by atoms with Crippen molar-refractivity contribution in [3.63, 3.8) is 0 Å². The van der Waals surface area contributed by atoms with E-state index < -0.39 is 16.0 Å². The molecule has 0 radical (unpaired) electrons. The van der Waals surface area contributed by atoms with Gasteiger partial charge in [0.1, 0.15) is 5.82 Å². The molecular formula is C14H22Cl2FN3O2S. The minimum atomic E-state index is -3.65. The molecule has 1 aliphatic rings. The first-order valence-electron chi connectivity index (χ1n) is 7.27. The molecule has 1 heterocycles. The summed E-state index contributed by atoms with van der Waals surface area (Å²) in [6, 6.07) is 4.66. The van der Waals surface area contributed by atoms with E-state index in [1.54, 1.807) is 6.07 Å². The molecule has 0 aliphatic carbocycles. The van der Waals surface area contributed by atoms with Crippen molar-refractivity contribution in [2.24, 2.45) is 0 Å². The Kier molecular flexibility index (Phi) is 8.20. The van der Waals surface area contributed by atoms with E-state index in [4.69, 9.17) is 11.6 Å². The van der Waals surface area contributed by atoms with E-state index in [1.165, 1.54) is 19.2 Å². The SMILES string of the molecule is CN(Cc1c(F)cccc1Cl)S(=O)(=O)NCC[C@H]1CCCN1.Cl. The van der Waals surface area contributed by atoms with Crippen molar-refractivity contribution in [2.75, 3.05) is 20.1 Å². The molecule has 2 N–H and O–H groups in total. The van der Waals surface area contributed by atoms with Crippen LogP contribution in [0.25, 0.3) is 0 Å². The summed E-state index contributed by atoms with van der Waals surface area (Å²) < 4.78 is 41.6. The largest absolute Gasteiger partial charge is 0.314 e. The fraction of sp³-hybridized carbons (Fsp3) is 0.571. The molecule has 1 aromatic rings. The number of hydrogen-bond donors (Lipinski definition) is 2. The third kappa shape index (κ3) is 5.85. The van der Waals surface area contributed by atoms with Gasteiger partial charge in [0.2, 0.25) is 0 Å². The van der Waals surface area contributed by atoms with Crippen LogP contribution >= 0.6 is 24.0 Å². The highest BCUT2D eigenvalue weighted by Crippen LogP contribution is 2.21. The van der Waals surface area contributed by atoms with E-state index in [2.05, 4.69) is 10.0 Å². The molecular weight excluding hydrogens is 364 g/mol. The van der Waals surface area contributed by atoms with Crippen molar-refractivity contribution in [3.05, 3.63) is 34.6 Å². The molecule has 1 aromatic carbocycles. The molecule has 9 heteroatoms. The summed E-state index contributed by atoms with van der Waals surface area (Å²) in [6.07, 6.45) is 2.94. The standard InChI is InChI=1S/C14H21ClFN3O2S.ClH/c1-19(10-12-13(15)5-2-6-14(12)16)22(20,21)18-9-7-11-4-3-8-17-11;/h2,5-6,11,17-18H,3-4,7-10H2,1H3;1H/t11-;/m1./s1. The van der Waals surface area contributed by atoms with Gasteiger partial charge in [0.25, 0.3) is 10.2 Å². The molecule has 132 valence electrons. The molecule has 5 nitrogen and oxygen atoms in total. The number of rotatable bonds is 7. The molecule has 1 aliphatic heterocycles. The Hall–Kier alpha value is -0.440. The van der Waals surface area contributed by atoms with Crippen LogP contribution in [0.15, 0.2) is 18.2 Å². The van der Waals surface area contributed by atoms with Crippen LogP contribution < -0.4 is 10.0 Å². The van der Waals surface area contributed by atoms with Gasteiger partial charge < -0.3 is 5.32 Å². The molecule has 0 aromatic heterocycles. The lowest BCUT2D eigenvalue weighted by Gasteiger charge is -2.19. The smallest absolute Gasteiger partial charge is 0.279 e.